The molecule has 2 N–H and O–H groups in total. The summed E-state index contributed by atoms with van der Waals surface area (Å²) in [5.41, 5.74) is 2.35. The largest absolute Gasteiger partial charge is 0.347 e. The molecular weight excluding hydrogens is 378 g/mol. The van der Waals surface area contributed by atoms with Gasteiger partial charge in [-0.25, -0.2) is 0 Å². The standard InChI is InChI=1S/C24H29N3O3/c1-3-17(2)23(29)25-16-22(28)26-20-13-11-19(12-14-20)24(30)27-15-7-10-21(27)18-8-5-4-6-9-18/h4-6,8-9,11-14,17,21H,3,7,10,15-16H2,1-2H3,(H,25,29)(H,26,28). The molecule has 2 aromatic rings. The Labute approximate surface area is 177 Å². The Bertz CT molecular complexity index is 880. The van der Waals surface area contributed by atoms with Crippen LogP contribution in [0.5, 0.6) is 0 Å². The second kappa shape index (κ2) is 10.1. The molecule has 1 aliphatic heterocycles. The highest BCUT2D eigenvalue weighted by Crippen LogP contribution is 2.33. The van der Waals surface area contributed by atoms with Gasteiger partial charge in [0.1, 0.15) is 0 Å². The van der Waals surface area contributed by atoms with E-state index in [1.807, 2.05) is 36.9 Å². The Hall–Kier alpha value is -3.15. The lowest BCUT2D eigenvalue weighted by molar-refractivity contribution is -0.126. The van der Waals surface area contributed by atoms with E-state index in [0.29, 0.717) is 11.3 Å². The molecule has 1 aliphatic rings. The number of benzene rings is 2. The first-order chi connectivity index (χ1) is 14.5. The van der Waals surface area contributed by atoms with E-state index in [0.717, 1.165) is 31.4 Å². The predicted molar refractivity (Wildman–Crippen MR) is 117 cm³/mol. The molecule has 0 aliphatic carbocycles. The first kappa shape index (κ1) is 21.6. The molecule has 2 unspecified atom stereocenters. The van der Waals surface area contributed by atoms with E-state index in [4.69, 9.17) is 0 Å². The lowest BCUT2D eigenvalue weighted by atomic mass is 10.0. The average molecular weight is 408 g/mol. The molecule has 6 nitrogen and oxygen atoms in total. The molecular formula is C24H29N3O3. The van der Waals surface area contributed by atoms with Gasteiger partial charge in [0.2, 0.25) is 11.8 Å². The summed E-state index contributed by atoms with van der Waals surface area (Å²) in [6.07, 6.45) is 2.68. The first-order valence-corrected chi connectivity index (χ1v) is 10.5. The first-order valence-electron chi connectivity index (χ1n) is 10.5. The molecule has 0 saturated carbocycles. The summed E-state index contributed by atoms with van der Waals surface area (Å²) in [7, 11) is 0. The minimum absolute atomic E-state index is 0.0000428. The summed E-state index contributed by atoms with van der Waals surface area (Å²) >= 11 is 0. The maximum absolute atomic E-state index is 13.0. The Morgan fingerprint density at radius 2 is 1.77 bits per heavy atom. The number of hydrogen-bond acceptors (Lipinski definition) is 3. The topological polar surface area (TPSA) is 78.5 Å². The zero-order chi connectivity index (χ0) is 21.5. The van der Waals surface area contributed by atoms with Crippen molar-refractivity contribution in [2.24, 2.45) is 5.92 Å². The van der Waals surface area contributed by atoms with Gasteiger partial charge in [0.25, 0.3) is 5.91 Å². The second-order valence-corrected chi connectivity index (χ2v) is 7.72. The summed E-state index contributed by atoms with van der Waals surface area (Å²) < 4.78 is 0. The number of hydrogen-bond donors (Lipinski definition) is 2. The molecule has 2 aromatic carbocycles. The van der Waals surface area contributed by atoms with Crippen LogP contribution >= 0.6 is 0 Å². The molecule has 0 spiro atoms. The van der Waals surface area contributed by atoms with Crippen molar-refractivity contribution < 1.29 is 14.4 Å². The lowest BCUT2D eigenvalue weighted by Gasteiger charge is -2.25. The second-order valence-electron chi connectivity index (χ2n) is 7.72. The molecule has 3 rings (SSSR count). The summed E-state index contributed by atoms with van der Waals surface area (Å²) in [6.45, 7) is 4.42. The van der Waals surface area contributed by atoms with Gasteiger partial charge >= 0.3 is 0 Å². The fraction of sp³-hybridized carbons (Fsp3) is 0.375. The van der Waals surface area contributed by atoms with Gasteiger partial charge in [-0.05, 0) is 49.1 Å². The maximum atomic E-state index is 13.0. The number of carbonyl (C=O) groups is 3. The zero-order valence-corrected chi connectivity index (χ0v) is 17.6. The average Bonchev–Trinajstić information content (AvgIpc) is 3.27. The van der Waals surface area contributed by atoms with E-state index in [-0.39, 0.29) is 36.2 Å². The predicted octanol–water partition coefficient (Wildman–Crippen LogP) is 3.76. The number of likely N-dealkylation sites (tertiary alicyclic amines) is 1. The fourth-order valence-corrected chi connectivity index (χ4v) is 3.63. The van der Waals surface area contributed by atoms with Crippen molar-refractivity contribution in [1.82, 2.24) is 10.2 Å². The highest BCUT2D eigenvalue weighted by atomic mass is 16.2. The number of rotatable bonds is 7. The van der Waals surface area contributed by atoms with E-state index in [1.165, 1.54) is 0 Å². The van der Waals surface area contributed by atoms with E-state index in [1.54, 1.807) is 24.3 Å². The summed E-state index contributed by atoms with van der Waals surface area (Å²) in [6, 6.07) is 17.1. The molecule has 30 heavy (non-hydrogen) atoms. The lowest BCUT2D eigenvalue weighted by Crippen LogP contribution is -2.35. The third-order valence-corrected chi connectivity index (χ3v) is 5.60. The van der Waals surface area contributed by atoms with Gasteiger partial charge in [-0.1, -0.05) is 44.2 Å². The van der Waals surface area contributed by atoms with Gasteiger partial charge in [0.15, 0.2) is 0 Å². The number of nitrogens with one attached hydrogen (secondary N) is 2. The quantitative estimate of drug-likeness (QED) is 0.733. The number of carbonyl (C=O) groups excluding carboxylic acids is 3. The molecule has 1 saturated heterocycles. The number of anilines is 1. The van der Waals surface area contributed by atoms with Crippen molar-refractivity contribution in [1.29, 1.82) is 0 Å². The van der Waals surface area contributed by atoms with Crippen molar-refractivity contribution in [3.8, 4) is 0 Å². The zero-order valence-electron chi connectivity index (χ0n) is 17.6. The third-order valence-electron chi connectivity index (χ3n) is 5.60. The van der Waals surface area contributed by atoms with Gasteiger partial charge in [-0.2, -0.15) is 0 Å². The Morgan fingerprint density at radius 3 is 2.43 bits per heavy atom. The van der Waals surface area contributed by atoms with Crippen LogP contribution in [0.2, 0.25) is 0 Å². The van der Waals surface area contributed by atoms with Gasteiger partial charge in [0, 0.05) is 23.7 Å². The number of nitrogens with zero attached hydrogens (tertiary/aromatic N) is 1. The molecule has 1 heterocycles. The van der Waals surface area contributed by atoms with E-state index >= 15 is 0 Å². The van der Waals surface area contributed by atoms with Crippen LogP contribution in [0.25, 0.3) is 0 Å². The minimum Gasteiger partial charge on any atom is -0.347 e. The molecule has 0 bridgehead atoms. The van der Waals surface area contributed by atoms with Gasteiger partial charge < -0.3 is 15.5 Å². The molecule has 0 aromatic heterocycles. The molecule has 2 atom stereocenters. The van der Waals surface area contributed by atoms with Gasteiger partial charge in [-0.3, -0.25) is 14.4 Å². The Balaban J connectivity index is 1.58. The third kappa shape index (κ3) is 5.26. The smallest absolute Gasteiger partial charge is 0.254 e. The normalized spacial score (nSPS) is 16.7. The Kier molecular flexibility index (Phi) is 7.22. The van der Waals surface area contributed by atoms with Crippen molar-refractivity contribution in [2.75, 3.05) is 18.4 Å². The van der Waals surface area contributed by atoms with Crippen LogP contribution in [0.15, 0.2) is 54.6 Å². The van der Waals surface area contributed by atoms with Crippen LogP contribution in [0, 0.1) is 5.92 Å². The summed E-state index contributed by atoms with van der Waals surface area (Å²) in [5.74, 6) is -0.546. The van der Waals surface area contributed by atoms with Crippen LogP contribution in [0.1, 0.15) is 55.1 Å². The van der Waals surface area contributed by atoms with Crippen LogP contribution in [-0.4, -0.2) is 35.7 Å². The minimum atomic E-state index is -0.297. The molecule has 0 radical (unpaired) electrons. The van der Waals surface area contributed by atoms with Crippen LogP contribution < -0.4 is 10.6 Å². The van der Waals surface area contributed by atoms with Crippen molar-refractivity contribution in [2.45, 2.75) is 39.2 Å². The summed E-state index contributed by atoms with van der Waals surface area (Å²) in [4.78, 5) is 38.8. The highest BCUT2D eigenvalue weighted by Gasteiger charge is 2.30. The monoisotopic (exact) mass is 407 g/mol. The summed E-state index contributed by atoms with van der Waals surface area (Å²) in [5, 5.41) is 5.37. The van der Waals surface area contributed by atoms with E-state index in [9.17, 15) is 14.4 Å². The van der Waals surface area contributed by atoms with Crippen molar-refractivity contribution >= 4 is 23.4 Å². The van der Waals surface area contributed by atoms with E-state index in [2.05, 4.69) is 22.8 Å². The van der Waals surface area contributed by atoms with Crippen molar-refractivity contribution in [3.05, 3.63) is 65.7 Å². The fourth-order valence-electron chi connectivity index (χ4n) is 3.63. The highest BCUT2D eigenvalue weighted by molar-refractivity contribution is 5.97. The molecule has 6 heteroatoms. The molecule has 158 valence electrons. The van der Waals surface area contributed by atoms with E-state index < -0.39 is 0 Å². The molecule has 3 amide bonds. The van der Waals surface area contributed by atoms with Crippen molar-refractivity contribution in [3.63, 3.8) is 0 Å². The molecule has 1 fully saturated rings. The van der Waals surface area contributed by atoms with Crippen LogP contribution in [-0.2, 0) is 9.59 Å². The Morgan fingerprint density at radius 1 is 1.07 bits per heavy atom. The number of amides is 3. The van der Waals surface area contributed by atoms with Gasteiger partial charge in [-0.15, -0.1) is 0 Å². The van der Waals surface area contributed by atoms with Crippen LogP contribution in [0.4, 0.5) is 5.69 Å². The SMILES string of the molecule is CCC(C)C(=O)NCC(=O)Nc1ccc(C(=O)N2CCCC2c2ccccc2)cc1. The van der Waals surface area contributed by atoms with Gasteiger partial charge in [0.05, 0.1) is 12.6 Å². The maximum Gasteiger partial charge on any atom is 0.254 e. The van der Waals surface area contributed by atoms with Crippen LogP contribution in [0.3, 0.4) is 0 Å².